The summed E-state index contributed by atoms with van der Waals surface area (Å²) >= 11 is 0. The lowest BCUT2D eigenvalue weighted by Gasteiger charge is -2.33. The number of carbonyl (C=O) groups is 1. The predicted octanol–water partition coefficient (Wildman–Crippen LogP) is 0.0496. The first-order chi connectivity index (χ1) is 10.6. The predicted molar refractivity (Wildman–Crippen MR) is 78.6 cm³/mol. The van der Waals surface area contributed by atoms with Crippen molar-refractivity contribution in [3.05, 3.63) is 17.5 Å². The van der Waals surface area contributed by atoms with Gasteiger partial charge < -0.3 is 19.9 Å². The number of amides is 1. The fourth-order valence-electron chi connectivity index (χ4n) is 2.82. The van der Waals surface area contributed by atoms with Crippen molar-refractivity contribution in [2.24, 2.45) is 13.0 Å². The number of rotatable bonds is 5. The zero-order chi connectivity index (χ0) is 15.7. The van der Waals surface area contributed by atoms with Gasteiger partial charge in [0.2, 0.25) is 0 Å². The van der Waals surface area contributed by atoms with Crippen molar-refractivity contribution in [1.82, 2.24) is 15.1 Å². The monoisotopic (exact) mass is 309 g/mol. The normalized spacial score (nSPS) is 28.6. The third-order valence-electron chi connectivity index (χ3n) is 4.43. The molecule has 122 valence electrons. The molecule has 0 spiro atoms. The topological polar surface area (TPSA) is 85.6 Å². The highest BCUT2D eigenvalue weighted by Crippen LogP contribution is 2.39. The van der Waals surface area contributed by atoms with E-state index in [9.17, 15) is 9.90 Å². The molecule has 1 aliphatic carbocycles. The number of hydrogen-bond acceptors (Lipinski definition) is 5. The Morgan fingerprint density at radius 2 is 2.32 bits per heavy atom. The molecule has 7 nitrogen and oxygen atoms in total. The van der Waals surface area contributed by atoms with E-state index < -0.39 is 6.10 Å². The van der Waals surface area contributed by atoms with Gasteiger partial charge in [0.25, 0.3) is 5.91 Å². The summed E-state index contributed by atoms with van der Waals surface area (Å²) in [6.45, 7) is 1.15. The van der Waals surface area contributed by atoms with E-state index in [0.717, 1.165) is 18.5 Å². The maximum absolute atomic E-state index is 12.3. The van der Waals surface area contributed by atoms with Gasteiger partial charge in [-0.1, -0.05) is 0 Å². The van der Waals surface area contributed by atoms with E-state index in [0.29, 0.717) is 31.4 Å². The minimum atomic E-state index is -0.632. The largest absolute Gasteiger partial charge is 0.390 e. The fraction of sp³-hybridized carbons (Fsp3) is 0.733. The third-order valence-corrected chi connectivity index (χ3v) is 4.43. The van der Waals surface area contributed by atoms with E-state index in [4.69, 9.17) is 9.47 Å². The summed E-state index contributed by atoms with van der Waals surface area (Å²) in [5.41, 5.74) is 1.55. The molecule has 0 radical (unpaired) electrons. The summed E-state index contributed by atoms with van der Waals surface area (Å²) < 4.78 is 12.2. The number of carbonyl (C=O) groups excluding carboxylic acids is 1. The molecule has 1 aromatic heterocycles. The zero-order valence-electron chi connectivity index (χ0n) is 13.0. The van der Waals surface area contributed by atoms with Gasteiger partial charge >= 0.3 is 0 Å². The van der Waals surface area contributed by atoms with Crippen molar-refractivity contribution in [2.45, 2.75) is 31.0 Å². The molecule has 2 aliphatic rings. The second kappa shape index (κ2) is 6.36. The Morgan fingerprint density at radius 3 is 3.00 bits per heavy atom. The van der Waals surface area contributed by atoms with Crippen molar-refractivity contribution in [1.29, 1.82) is 0 Å². The van der Waals surface area contributed by atoms with Crippen molar-refractivity contribution < 1.29 is 19.4 Å². The van der Waals surface area contributed by atoms with Crippen LogP contribution < -0.4 is 5.32 Å². The standard InChI is InChI=1S/C15H23N3O4/c1-18-12(5-11(17-18)9-3-4-9)15(20)16-6-10-7-22-8-13(21-2)14(10)19/h5,9-10,13-14,19H,3-4,6-8H2,1-2H3,(H,16,20)/t10-,13-,14+/m1/s1. The van der Waals surface area contributed by atoms with Crippen molar-refractivity contribution in [2.75, 3.05) is 26.9 Å². The molecule has 1 amide bonds. The average Bonchev–Trinajstić information content (AvgIpc) is 3.29. The van der Waals surface area contributed by atoms with Crippen LogP contribution in [-0.2, 0) is 16.5 Å². The van der Waals surface area contributed by atoms with Crippen LogP contribution in [0.1, 0.15) is 34.9 Å². The molecule has 3 atom stereocenters. The second-order valence-corrected chi connectivity index (χ2v) is 6.12. The van der Waals surface area contributed by atoms with Crippen LogP contribution in [0.5, 0.6) is 0 Å². The number of ether oxygens (including phenoxy) is 2. The number of aliphatic hydroxyl groups excluding tert-OH is 1. The number of hydrogen-bond donors (Lipinski definition) is 2. The molecule has 2 N–H and O–H groups in total. The number of nitrogens with one attached hydrogen (secondary N) is 1. The Hall–Kier alpha value is -1.44. The summed E-state index contributed by atoms with van der Waals surface area (Å²) in [5, 5.41) is 17.4. The van der Waals surface area contributed by atoms with Crippen LogP contribution in [0.3, 0.4) is 0 Å². The molecule has 2 fully saturated rings. The first kappa shape index (κ1) is 15.5. The number of methoxy groups -OCH3 is 1. The SMILES string of the molecule is CO[C@@H]1COC[C@@H](CNC(=O)c2cc(C3CC3)nn2C)[C@@H]1O. The highest BCUT2D eigenvalue weighted by atomic mass is 16.5. The highest BCUT2D eigenvalue weighted by Gasteiger charge is 2.33. The Balaban J connectivity index is 1.57. The van der Waals surface area contributed by atoms with Gasteiger partial charge in [0.1, 0.15) is 11.8 Å². The summed E-state index contributed by atoms with van der Waals surface area (Å²) in [4.78, 5) is 12.3. The van der Waals surface area contributed by atoms with Crippen LogP contribution in [0.4, 0.5) is 0 Å². The van der Waals surface area contributed by atoms with Gasteiger partial charge in [-0.25, -0.2) is 0 Å². The Morgan fingerprint density at radius 1 is 1.55 bits per heavy atom. The molecular formula is C15H23N3O4. The molecule has 7 heteroatoms. The van der Waals surface area contributed by atoms with Crippen LogP contribution >= 0.6 is 0 Å². The first-order valence-corrected chi connectivity index (χ1v) is 7.71. The molecule has 1 aliphatic heterocycles. The van der Waals surface area contributed by atoms with E-state index in [1.165, 1.54) is 0 Å². The molecule has 0 aromatic carbocycles. The van der Waals surface area contributed by atoms with E-state index in [2.05, 4.69) is 10.4 Å². The van der Waals surface area contributed by atoms with E-state index in [1.54, 1.807) is 18.8 Å². The maximum atomic E-state index is 12.3. The van der Waals surface area contributed by atoms with Gasteiger partial charge in [-0.3, -0.25) is 9.48 Å². The molecule has 1 aromatic rings. The minimum Gasteiger partial charge on any atom is -0.390 e. The molecule has 0 unspecified atom stereocenters. The lowest BCUT2D eigenvalue weighted by atomic mass is 9.96. The maximum Gasteiger partial charge on any atom is 0.269 e. The molecule has 2 heterocycles. The van der Waals surface area contributed by atoms with Crippen LogP contribution in [0.15, 0.2) is 6.07 Å². The molecular weight excluding hydrogens is 286 g/mol. The lowest BCUT2D eigenvalue weighted by Crippen LogP contribution is -2.49. The Labute approximate surface area is 129 Å². The molecule has 3 rings (SSSR count). The smallest absolute Gasteiger partial charge is 0.269 e. The molecule has 0 bridgehead atoms. The quantitative estimate of drug-likeness (QED) is 0.803. The van der Waals surface area contributed by atoms with E-state index in [1.807, 2.05) is 6.07 Å². The van der Waals surface area contributed by atoms with Gasteiger partial charge in [0.15, 0.2) is 0 Å². The van der Waals surface area contributed by atoms with Gasteiger partial charge in [0, 0.05) is 32.5 Å². The number of aliphatic hydroxyl groups is 1. The van der Waals surface area contributed by atoms with Crippen LogP contribution in [0, 0.1) is 5.92 Å². The third kappa shape index (κ3) is 3.16. The molecule has 1 saturated carbocycles. The van der Waals surface area contributed by atoms with Gasteiger partial charge in [-0.15, -0.1) is 0 Å². The second-order valence-electron chi connectivity index (χ2n) is 6.12. The van der Waals surface area contributed by atoms with Gasteiger partial charge in [0.05, 0.1) is 25.0 Å². The fourth-order valence-corrected chi connectivity index (χ4v) is 2.82. The van der Waals surface area contributed by atoms with E-state index in [-0.39, 0.29) is 17.9 Å². The summed E-state index contributed by atoms with van der Waals surface area (Å²) in [5.74, 6) is 0.177. The lowest BCUT2D eigenvalue weighted by molar-refractivity contribution is -0.132. The summed E-state index contributed by atoms with van der Waals surface area (Å²) in [6.07, 6.45) is 1.34. The Bertz CT molecular complexity index is 541. The van der Waals surface area contributed by atoms with E-state index >= 15 is 0 Å². The molecule has 1 saturated heterocycles. The van der Waals surface area contributed by atoms with Crippen molar-refractivity contribution in [3.63, 3.8) is 0 Å². The van der Waals surface area contributed by atoms with Gasteiger partial charge in [-0.05, 0) is 18.9 Å². The summed E-state index contributed by atoms with van der Waals surface area (Å²) in [7, 11) is 3.33. The Kier molecular flexibility index (Phi) is 4.46. The van der Waals surface area contributed by atoms with Crippen LogP contribution in [0.25, 0.3) is 0 Å². The van der Waals surface area contributed by atoms with Crippen LogP contribution in [-0.4, -0.2) is 59.9 Å². The first-order valence-electron chi connectivity index (χ1n) is 7.71. The molecule has 22 heavy (non-hydrogen) atoms. The zero-order valence-corrected chi connectivity index (χ0v) is 13.0. The number of aryl methyl sites for hydroxylation is 1. The summed E-state index contributed by atoms with van der Waals surface area (Å²) in [6, 6.07) is 1.86. The highest BCUT2D eigenvalue weighted by molar-refractivity contribution is 5.92. The number of nitrogens with zero attached hydrogens (tertiary/aromatic N) is 2. The average molecular weight is 309 g/mol. The van der Waals surface area contributed by atoms with Crippen molar-refractivity contribution in [3.8, 4) is 0 Å². The van der Waals surface area contributed by atoms with Crippen molar-refractivity contribution >= 4 is 5.91 Å². The number of aromatic nitrogens is 2. The van der Waals surface area contributed by atoms with Crippen LogP contribution in [0.2, 0.25) is 0 Å². The van der Waals surface area contributed by atoms with Gasteiger partial charge in [-0.2, -0.15) is 5.10 Å². The minimum absolute atomic E-state index is 0.168.